The number of unbranched alkanes of at least 4 members (excludes halogenated alkanes) is 1. The van der Waals surface area contributed by atoms with E-state index in [1.165, 1.54) is 0 Å². The van der Waals surface area contributed by atoms with Gasteiger partial charge in [-0.1, -0.05) is 26.7 Å². The molecule has 0 N–H and O–H groups in total. The molecule has 0 aliphatic heterocycles. The van der Waals surface area contributed by atoms with Crippen LogP contribution < -0.4 is 0 Å². The molecule has 0 aromatic carbocycles. The molecule has 0 bridgehead atoms. The Labute approximate surface area is 106 Å². The largest absolute Gasteiger partial charge is 0.339 e. The summed E-state index contributed by atoms with van der Waals surface area (Å²) in [6, 6.07) is 2.30. The molecule has 0 aromatic rings. The van der Waals surface area contributed by atoms with Crippen LogP contribution >= 0.6 is 0 Å². The molecule has 0 spiro atoms. The lowest BCUT2D eigenvalue weighted by atomic mass is 9.97. The molecule has 0 rings (SSSR count). The van der Waals surface area contributed by atoms with E-state index in [0.29, 0.717) is 13.0 Å². The van der Waals surface area contributed by atoms with Crippen LogP contribution in [0.15, 0.2) is 0 Å². The molecule has 0 radical (unpaired) electrons. The normalized spacial score (nSPS) is 12.2. The zero-order valence-corrected chi connectivity index (χ0v) is 11.7. The summed E-state index contributed by atoms with van der Waals surface area (Å²) in [4.78, 5) is 14.2. The first-order valence-corrected chi connectivity index (χ1v) is 6.75. The van der Waals surface area contributed by atoms with Gasteiger partial charge < -0.3 is 4.90 Å². The second-order valence-corrected chi connectivity index (χ2v) is 4.78. The minimum Gasteiger partial charge on any atom is -0.339 e. The summed E-state index contributed by atoms with van der Waals surface area (Å²) in [6.45, 7) is 8.81. The lowest BCUT2D eigenvalue weighted by molar-refractivity contribution is -0.137. The van der Waals surface area contributed by atoms with Crippen LogP contribution in [0, 0.1) is 17.2 Å². The molecule has 3 heteroatoms. The topological polar surface area (TPSA) is 44.1 Å². The minimum absolute atomic E-state index is 0.135. The fourth-order valence-electron chi connectivity index (χ4n) is 1.98. The summed E-state index contributed by atoms with van der Waals surface area (Å²) >= 11 is 0. The highest BCUT2D eigenvalue weighted by atomic mass is 16.2. The van der Waals surface area contributed by atoms with Crippen LogP contribution in [0.1, 0.15) is 59.8 Å². The fraction of sp³-hybridized carbons (Fsp3) is 0.857. The first-order valence-electron chi connectivity index (χ1n) is 6.75. The van der Waals surface area contributed by atoms with Crippen LogP contribution in [0.4, 0.5) is 0 Å². The van der Waals surface area contributed by atoms with E-state index >= 15 is 0 Å². The number of nitrogens with zero attached hydrogens (tertiary/aromatic N) is 2. The third kappa shape index (κ3) is 5.72. The summed E-state index contributed by atoms with van der Waals surface area (Å²) < 4.78 is 0. The lowest BCUT2D eigenvalue weighted by Gasteiger charge is -2.29. The van der Waals surface area contributed by atoms with E-state index in [0.717, 1.165) is 25.7 Å². The zero-order chi connectivity index (χ0) is 13.3. The van der Waals surface area contributed by atoms with Crippen LogP contribution in [0.3, 0.4) is 0 Å². The Morgan fingerprint density at radius 3 is 2.41 bits per heavy atom. The van der Waals surface area contributed by atoms with Crippen molar-refractivity contribution in [3.05, 3.63) is 0 Å². The maximum Gasteiger partial charge on any atom is 0.225 e. The third-order valence-electron chi connectivity index (χ3n) is 3.12. The van der Waals surface area contributed by atoms with Crippen molar-refractivity contribution in [1.82, 2.24) is 4.90 Å². The van der Waals surface area contributed by atoms with Gasteiger partial charge in [-0.2, -0.15) is 5.26 Å². The highest BCUT2D eigenvalue weighted by Crippen LogP contribution is 2.17. The van der Waals surface area contributed by atoms with Crippen LogP contribution in [0.5, 0.6) is 0 Å². The van der Waals surface area contributed by atoms with E-state index in [4.69, 9.17) is 5.26 Å². The average molecular weight is 238 g/mol. The molecule has 0 aromatic heterocycles. The smallest absolute Gasteiger partial charge is 0.225 e. The van der Waals surface area contributed by atoms with E-state index < -0.39 is 0 Å². The maximum absolute atomic E-state index is 12.3. The Kier molecular flexibility index (Phi) is 8.49. The van der Waals surface area contributed by atoms with Crippen molar-refractivity contribution in [2.75, 3.05) is 6.54 Å². The Morgan fingerprint density at radius 2 is 2.00 bits per heavy atom. The van der Waals surface area contributed by atoms with Crippen molar-refractivity contribution in [1.29, 1.82) is 5.26 Å². The molecular formula is C14H26N2O. The third-order valence-corrected chi connectivity index (χ3v) is 3.12. The van der Waals surface area contributed by atoms with Gasteiger partial charge in [-0.25, -0.2) is 0 Å². The van der Waals surface area contributed by atoms with E-state index in [1.54, 1.807) is 0 Å². The van der Waals surface area contributed by atoms with Gasteiger partial charge in [0.25, 0.3) is 0 Å². The molecule has 1 atom stereocenters. The average Bonchev–Trinajstić information content (AvgIpc) is 2.30. The second-order valence-electron chi connectivity index (χ2n) is 4.78. The van der Waals surface area contributed by atoms with E-state index in [-0.39, 0.29) is 17.9 Å². The van der Waals surface area contributed by atoms with E-state index in [1.807, 2.05) is 18.7 Å². The molecule has 0 saturated carbocycles. The number of nitriles is 1. The monoisotopic (exact) mass is 238 g/mol. The Morgan fingerprint density at radius 1 is 1.35 bits per heavy atom. The van der Waals surface area contributed by atoms with Gasteiger partial charge in [-0.05, 0) is 26.7 Å². The summed E-state index contributed by atoms with van der Waals surface area (Å²) in [5.74, 6) is 0.363. The molecule has 0 fully saturated rings. The van der Waals surface area contributed by atoms with Crippen molar-refractivity contribution in [3.8, 4) is 6.07 Å². The van der Waals surface area contributed by atoms with E-state index in [9.17, 15) is 4.79 Å². The molecule has 1 unspecified atom stereocenters. The van der Waals surface area contributed by atoms with Crippen molar-refractivity contribution < 1.29 is 4.79 Å². The Hall–Kier alpha value is -1.04. The molecule has 17 heavy (non-hydrogen) atoms. The quantitative estimate of drug-likeness (QED) is 0.651. The summed E-state index contributed by atoms with van der Waals surface area (Å²) in [7, 11) is 0. The lowest BCUT2D eigenvalue weighted by Crippen LogP contribution is -2.41. The number of carbonyl (C=O) groups is 1. The number of hydrogen-bond donors (Lipinski definition) is 0. The molecule has 1 amide bonds. The number of rotatable bonds is 8. The standard InChI is InChI=1S/C14H26N2O/c1-5-7-9-13(6-2)14(17)16(12(3)4)11-8-10-15/h12-13H,5-9,11H2,1-4H3. The van der Waals surface area contributed by atoms with Crippen molar-refractivity contribution in [2.45, 2.75) is 65.8 Å². The summed E-state index contributed by atoms with van der Waals surface area (Å²) in [5.41, 5.74) is 0. The fourth-order valence-corrected chi connectivity index (χ4v) is 1.98. The molecule has 98 valence electrons. The number of carbonyl (C=O) groups excluding carboxylic acids is 1. The van der Waals surface area contributed by atoms with Crippen LogP contribution in [0.2, 0.25) is 0 Å². The molecule has 0 aliphatic rings. The molecule has 3 nitrogen and oxygen atoms in total. The molecule has 0 aliphatic carbocycles. The van der Waals surface area contributed by atoms with Gasteiger partial charge in [-0.15, -0.1) is 0 Å². The second kappa shape index (κ2) is 9.04. The van der Waals surface area contributed by atoms with Crippen molar-refractivity contribution in [2.24, 2.45) is 5.92 Å². The van der Waals surface area contributed by atoms with Gasteiger partial charge >= 0.3 is 0 Å². The van der Waals surface area contributed by atoms with Gasteiger partial charge in [0.15, 0.2) is 0 Å². The van der Waals surface area contributed by atoms with Gasteiger partial charge in [0, 0.05) is 18.5 Å². The van der Waals surface area contributed by atoms with Crippen LogP contribution in [-0.4, -0.2) is 23.4 Å². The van der Waals surface area contributed by atoms with Gasteiger partial charge in [0.1, 0.15) is 0 Å². The minimum atomic E-state index is 0.135. The predicted octanol–water partition coefficient (Wildman–Crippen LogP) is 3.35. The van der Waals surface area contributed by atoms with Crippen molar-refractivity contribution in [3.63, 3.8) is 0 Å². The summed E-state index contributed by atoms with van der Waals surface area (Å²) in [5, 5.41) is 8.63. The number of amides is 1. The molecule has 0 heterocycles. The Bertz CT molecular complexity index is 255. The highest BCUT2D eigenvalue weighted by molar-refractivity contribution is 5.79. The Balaban J connectivity index is 4.50. The van der Waals surface area contributed by atoms with Crippen LogP contribution in [0.25, 0.3) is 0 Å². The highest BCUT2D eigenvalue weighted by Gasteiger charge is 2.23. The van der Waals surface area contributed by atoms with Crippen molar-refractivity contribution >= 4 is 5.91 Å². The first-order chi connectivity index (χ1) is 8.08. The molecular weight excluding hydrogens is 212 g/mol. The van der Waals surface area contributed by atoms with Gasteiger partial charge in [0.05, 0.1) is 12.5 Å². The van der Waals surface area contributed by atoms with E-state index in [2.05, 4.69) is 19.9 Å². The number of hydrogen-bond acceptors (Lipinski definition) is 2. The van der Waals surface area contributed by atoms with Gasteiger partial charge in [-0.3, -0.25) is 4.79 Å². The zero-order valence-electron chi connectivity index (χ0n) is 11.7. The predicted molar refractivity (Wildman–Crippen MR) is 70.4 cm³/mol. The van der Waals surface area contributed by atoms with Gasteiger partial charge in [0.2, 0.25) is 5.91 Å². The first kappa shape index (κ1) is 16.0. The summed E-state index contributed by atoms with van der Waals surface area (Å²) in [6.07, 6.45) is 4.53. The SMILES string of the molecule is CCCCC(CC)C(=O)N(CCC#N)C(C)C. The van der Waals surface area contributed by atoms with Crippen LogP contribution in [-0.2, 0) is 4.79 Å². The maximum atomic E-state index is 12.3. The molecule has 0 saturated heterocycles.